The minimum atomic E-state index is 0.342. The van der Waals surface area contributed by atoms with E-state index in [9.17, 15) is 0 Å². The summed E-state index contributed by atoms with van der Waals surface area (Å²) in [5, 5.41) is 6.93. The summed E-state index contributed by atoms with van der Waals surface area (Å²) in [6.07, 6.45) is 2.30. The highest BCUT2D eigenvalue weighted by Gasteiger charge is 2.19. The first kappa shape index (κ1) is 14.7. The van der Waals surface area contributed by atoms with Crippen molar-refractivity contribution >= 4 is 11.3 Å². The number of hydrogen-bond acceptors (Lipinski definition) is 3. The molecule has 0 bridgehead atoms. The molecule has 0 aromatic carbocycles. The van der Waals surface area contributed by atoms with E-state index in [1.807, 2.05) is 0 Å². The van der Waals surface area contributed by atoms with Crippen LogP contribution in [0.2, 0.25) is 0 Å². The molecular formula is C14H26N2S. The second kappa shape index (κ2) is 6.50. The third-order valence-corrected chi connectivity index (χ3v) is 3.79. The molecule has 3 heteroatoms. The lowest BCUT2D eigenvalue weighted by Crippen LogP contribution is -2.26. The molecule has 0 unspecified atom stereocenters. The van der Waals surface area contributed by atoms with Crippen LogP contribution in [0, 0.1) is 18.3 Å². The predicted octanol–water partition coefficient (Wildman–Crippen LogP) is 3.66. The van der Waals surface area contributed by atoms with Gasteiger partial charge >= 0.3 is 0 Å². The monoisotopic (exact) mass is 254 g/mol. The van der Waals surface area contributed by atoms with Crippen molar-refractivity contribution in [3.63, 3.8) is 0 Å². The smallest absolute Gasteiger partial charge is 0.0933 e. The van der Waals surface area contributed by atoms with E-state index < -0.39 is 0 Å². The maximum Gasteiger partial charge on any atom is 0.0933 e. The highest BCUT2D eigenvalue weighted by molar-refractivity contribution is 7.09. The molecule has 0 fully saturated rings. The van der Waals surface area contributed by atoms with Gasteiger partial charge in [0.05, 0.1) is 5.01 Å². The van der Waals surface area contributed by atoms with Crippen molar-refractivity contribution in [2.24, 2.45) is 11.3 Å². The Morgan fingerprint density at radius 1 is 1.41 bits per heavy atom. The molecule has 17 heavy (non-hydrogen) atoms. The largest absolute Gasteiger partial charge is 0.316 e. The van der Waals surface area contributed by atoms with Gasteiger partial charge in [0.25, 0.3) is 0 Å². The molecule has 0 aliphatic carbocycles. The van der Waals surface area contributed by atoms with Gasteiger partial charge in [-0.05, 0) is 37.8 Å². The molecule has 0 aliphatic heterocycles. The van der Waals surface area contributed by atoms with E-state index in [2.05, 4.69) is 50.3 Å². The van der Waals surface area contributed by atoms with Crippen LogP contribution in [0.1, 0.15) is 44.8 Å². The van der Waals surface area contributed by atoms with E-state index in [1.54, 1.807) is 11.3 Å². The Balaban J connectivity index is 2.30. The first-order chi connectivity index (χ1) is 7.89. The third kappa shape index (κ3) is 6.18. The average molecular weight is 254 g/mol. The van der Waals surface area contributed by atoms with Gasteiger partial charge in [0.1, 0.15) is 0 Å². The Hall–Kier alpha value is -0.410. The molecule has 98 valence electrons. The van der Waals surface area contributed by atoms with Crippen LogP contribution >= 0.6 is 11.3 Å². The van der Waals surface area contributed by atoms with Crippen molar-refractivity contribution in [3.8, 4) is 0 Å². The maximum absolute atomic E-state index is 4.55. The number of aromatic nitrogens is 1. The van der Waals surface area contributed by atoms with E-state index in [0.717, 1.165) is 31.1 Å². The molecule has 0 amide bonds. The lowest BCUT2D eigenvalue weighted by atomic mass is 9.86. The molecule has 0 atom stereocenters. The zero-order valence-electron chi connectivity index (χ0n) is 11.8. The molecule has 1 aromatic rings. The van der Waals surface area contributed by atoms with Gasteiger partial charge in [0.2, 0.25) is 0 Å². The lowest BCUT2D eigenvalue weighted by Gasteiger charge is -2.23. The molecule has 1 aromatic heterocycles. The number of thiazole rings is 1. The Morgan fingerprint density at radius 3 is 2.65 bits per heavy atom. The molecule has 1 heterocycles. The molecule has 0 saturated heterocycles. The highest BCUT2D eigenvalue weighted by atomic mass is 32.1. The van der Waals surface area contributed by atoms with Crippen LogP contribution in [0.5, 0.6) is 0 Å². The first-order valence-electron chi connectivity index (χ1n) is 6.51. The SMILES string of the molecule is Cc1csc(CC(C)(C)CCNCC(C)C)n1. The van der Waals surface area contributed by atoms with E-state index in [4.69, 9.17) is 0 Å². The first-order valence-corrected chi connectivity index (χ1v) is 7.39. The van der Waals surface area contributed by atoms with Crippen LogP contribution in [0.3, 0.4) is 0 Å². The van der Waals surface area contributed by atoms with Gasteiger partial charge in [0, 0.05) is 17.5 Å². The predicted molar refractivity (Wildman–Crippen MR) is 76.7 cm³/mol. The van der Waals surface area contributed by atoms with Crippen LogP contribution in [-0.2, 0) is 6.42 Å². The Labute approximate surface area is 110 Å². The van der Waals surface area contributed by atoms with Crippen LogP contribution in [0.4, 0.5) is 0 Å². The summed E-state index contributed by atoms with van der Waals surface area (Å²) < 4.78 is 0. The summed E-state index contributed by atoms with van der Waals surface area (Å²) in [6, 6.07) is 0. The van der Waals surface area contributed by atoms with Crippen molar-refractivity contribution in [2.75, 3.05) is 13.1 Å². The normalized spacial score (nSPS) is 12.4. The van der Waals surface area contributed by atoms with Gasteiger partial charge in [-0.1, -0.05) is 27.7 Å². The topological polar surface area (TPSA) is 24.9 Å². The summed E-state index contributed by atoms with van der Waals surface area (Å²) >= 11 is 1.79. The van der Waals surface area contributed by atoms with Crippen LogP contribution in [-0.4, -0.2) is 18.1 Å². The van der Waals surface area contributed by atoms with E-state index in [-0.39, 0.29) is 0 Å². The van der Waals surface area contributed by atoms with E-state index in [0.29, 0.717) is 5.41 Å². The molecule has 0 spiro atoms. The van der Waals surface area contributed by atoms with Crippen LogP contribution in [0.25, 0.3) is 0 Å². The highest BCUT2D eigenvalue weighted by Crippen LogP contribution is 2.26. The maximum atomic E-state index is 4.55. The van der Waals surface area contributed by atoms with Gasteiger partial charge in [-0.2, -0.15) is 0 Å². The summed E-state index contributed by atoms with van der Waals surface area (Å²) in [6.45, 7) is 13.5. The Morgan fingerprint density at radius 2 is 2.12 bits per heavy atom. The number of rotatable bonds is 7. The zero-order chi connectivity index (χ0) is 12.9. The quantitative estimate of drug-likeness (QED) is 0.751. The fourth-order valence-corrected chi connectivity index (χ4v) is 2.83. The van der Waals surface area contributed by atoms with Crippen molar-refractivity contribution < 1.29 is 0 Å². The fraction of sp³-hybridized carbons (Fsp3) is 0.786. The lowest BCUT2D eigenvalue weighted by molar-refractivity contribution is 0.322. The molecule has 2 nitrogen and oxygen atoms in total. The van der Waals surface area contributed by atoms with Gasteiger partial charge in [-0.25, -0.2) is 4.98 Å². The second-order valence-electron chi connectivity index (χ2n) is 6.07. The molecule has 0 aliphatic rings. The summed E-state index contributed by atoms with van der Waals surface area (Å²) in [5.41, 5.74) is 1.49. The number of hydrogen-bond donors (Lipinski definition) is 1. The average Bonchev–Trinajstić information content (AvgIpc) is 2.57. The van der Waals surface area contributed by atoms with Crippen molar-refractivity contribution in [3.05, 3.63) is 16.1 Å². The van der Waals surface area contributed by atoms with Crippen LogP contribution in [0.15, 0.2) is 5.38 Å². The Kier molecular flexibility index (Phi) is 5.60. The molecule has 0 radical (unpaired) electrons. The van der Waals surface area contributed by atoms with Crippen LogP contribution < -0.4 is 5.32 Å². The molecular weight excluding hydrogens is 228 g/mol. The molecule has 1 N–H and O–H groups in total. The standard InChI is InChI=1S/C14H26N2S/c1-11(2)9-15-7-6-14(4,5)8-13-16-12(3)10-17-13/h10-11,15H,6-9H2,1-5H3. The van der Waals surface area contributed by atoms with E-state index >= 15 is 0 Å². The summed E-state index contributed by atoms with van der Waals surface area (Å²) in [5.74, 6) is 0.736. The van der Waals surface area contributed by atoms with E-state index in [1.165, 1.54) is 11.4 Å². The van der Waals surface area contributed by atoms with Gasteiger partial charge in [-0.15, -0.1) is 11.3 Å². The van der Waals surface area contributed by atoms with Crippen molar-refractivity contribution in [1.82, 2.24) is 10.3 Å². The molecule has 1 rings (SSSR count). The number of nitrogens with zero attached hydrogens (tertiary/aromatic N) is 1. The minimum Gasteiger partial charge on any atom is -0.316 e. The fourth-order valence-electron chi connectivity index (χ4n) is 1.80. The van der Waals surface area contributed by atoms with Crippen molar-refractivity contribution in [1.29, 1.82) is 0 Å². The molecule has 0 saturated carbocycles. The number of nitrogens with one attached hydrogen (secondary N) is 1. The van der Waals surface area contributed by atoms with Crippen molar-refractivity contribution in [2.45, 2.75) is 47.5 Å². The number of aryl methyl sites for hydroxylation is 1. The van der Waals surface area contributed by atoms with Gasteiger partial charge < -0.3 is 5.32 Å². The minimum absolute atomic E-state index is 0.342. The summed E-state index contributed by atoms with van der Waals surface area (Å²) in [4.78, 5) is 4.55. The Bertz CT molecular complexity index is 329. The zero-order valence-corrected chi connectivity index (χ0v) is 12.7. The van der Waals surface area contributed by atoms with Gasteiger partial charge in [0.15, 0.2) is 0 Å². The third-order valence-electron chi connectivity index (χ3n) is 2.83. The second-order valence-corrected chi connectivity index (χ2v) is 7.01. The summed E-state index contributed by atoms with van der Waals surface area (Å²) in [7, 11) is 0. The van der Waals surface area contributed by atoms with Gasteiger partial charge in [-0.3, -0.25) is 0 Å².